The normalized spacial score (nSPS) is 10.9. The summed E-state index contributed by atoms with van der Waals surface area (Å²) in [7, 11) is 0. The van der Waals surface area contributed by atoms with Gasteiger partial charge in [-0.1, -0.05) is 33.6 Å². The second-order valence-electron chi connectivity index (χ2n) is 4.96. The molecule has 96 valence electrons. The highest BCUT2D eigenvalue weighted by Crippen LogP contribution is 2.31. The number of nitrogen functional groups attached to an aromatic ring is 1. The maximum atomic E-state index is 5.95. The van der Waals surface area contributed by atoms with Crippen molar-refractivity contribution >= 4 is 5.69 Å². The molecular formula is C15H25NO. The third-order valence-electron chi connectivity index (χ3n) is 3.03. The van der Waals surface area contributed by atoms with Gasteiger partial charge in [0.1, 0.15) is 5.75 Å². The zero-order valence-corrected chi connectivity index (χ0v) is 11.5. The van der Waals surface area contributed by atoms with Gasteiger partial charge in [-0.2, -0.15) is 0 Å². The molecule has 17 heavy (non-hydrogen) atoms. The Morgan fingerprint density at radius 3 is 2.53 bits per heavy atom. The molecule has 1 aromatic carbocycles. The smallest absolute Gasteiger partial charge is 0.123 e. The van der Waals surface area contributed by atoms with Crippen LogP contribution in [0.2, 0.25) is 0 Å². The Kier molecular flexibility index (Phi) is 5.33. The SMILES string of the molecule is CCCCCOc1cc(C)c(N)cc1C(C)C. The van der Waals surface area contributed by atoms with Gasteiger partial charge in [-0.3, -0.25) is 0 Å². The van der Waals surface area contributed by atoms with E-state index in [4.69, 9.17) is 10.5 Å². The van der Waals surface area contributed by atoms with Crippen molar-refractivity contribution in [3.05, 3.63) is 23.3 Å². The molecule has 0 aliphatic heterocycles. The van der Waals surface area contributed by atoms with E-state index in [2.05, 4.69) is 32.9 Å². The average Bonchev–Trinajstić information content (AvgIpc) is 2.28. The summed E-state index contributed by atoms with van der Waals surface area (Å²) in [5.41, 5.74) is 9.11. The molecule has 0 fully saturated rings. The number of anilines is 1. The lowest BCUT2D eigenvalue weighted by molar-refractivity contribution is 0.302. The minimum atomic E-state index is 0.444. The van der Waals surface area contributed by atoms with Crippen LogP contribution in [0.5, 0.6) is 5.75 Å². The Labute approximate surface area is 105 Å². The van der Waals surface area contributed by atoms with Crippen molar-refractivity contribution in [2.45, 2.75) is 52.9 Å². The monoisotopic (exact) mass is 235 g/mol. The fourth-order valence-electron chi connectivity index (χ4n) is 1.83. The first-order valence-electron chi connectivity index (χ1n) is 6.59. The molecule has 0 aliphatic rings. The molecule has 1 aromatic rings. The molecule has 2 N–H and O–H groups in total. The number of benzene rings is 1. The van der Waals surface area contributed by atoms with Crippen LogP contribution >= 0.6 is 0 Å². The minimum Gasteiger partial charge on any atom is -0.493 e. The van der Waals surface area contributed by atoms with E-state index in [-0.39, 0.29) is 0 Å². The first kappa shape index (κ1) is 13.9. The standard InChI is InChI=1S/C15H25NO/c1-5-6-7-8-17-15-9-12(4)14(16)10-13(15)11(2)3/h9-11H,5-8,16H2,1-4H3. The summed E-state index contributed by atoms with van der Waals surface area (Å²) in [5.74, 6) is 1.45. The van der Waals surface area contributed by atoms with Gasteiger partial charge in [0.15, 0.2) is 0 Å². The Morgan fingerprint density at radius 1 is 1.24 bits per heavy atom. The van der Waals surface area contributed by atoms with E-state index in [0.29, 0.717) is 5.92 Å². The summed E-state index contributed by atoms with van der Waals surface area (Å²) < 4.78 is 5.88. The van der Waals surface area contributed by atoms with Crippen LogP contribution in [-0.2, 0) is 0 Å². The van der Waals surface area contributed by atoms with Gasteiger partial charge in [-0.15, -0.1) is 0 Å². The van der Waals surface area contributed by atoms with Crippen LogP contribution in [0, 0.1) is 6.92 Å². The van der Waals surface area contributed by atoms with E-state index in [1.165, 1.54) is 18.4 Å². The van der Waals surface area contributed by atoms with Crippen LogP contribution in [0.3, 0.4) is 0 Å². The van der Waals surface area contributed by atoms with E-state index in [9.17, 15) is 0 Å². The van der Waals surface area contributed by atoms with Gasteiger partial charge in [-0.25, -0.2) is 0 Å². The lowest BCUT2D eigenvalue weighted by Crippen LogP contribution is -2.03. The molecule has 0 saturated heterocycles. The van der Waals surface area contributed by atoms with Crippen LogP contribution < -0.4 is 10.5 Å². The van der Waals surface area contributed by atoms with E-state index >= 15 is 0 Å². The first-order valence-corrected chi connectivity index (χ1v) is 6.59. The quantitative estimate of drug-likeness (QED) is 0.590. The van der Waals surface area contributed by atoms with Crippen molar-refractivity contribution in [2.24, 2.45) is 0 Å². The lowest BCUT2D eigenvalue weighted by Gasteiger charge is -2.16. The van der Waals surface area contributed by atoms with E-state index in [1.807, 2.05) is 6.92 Å². The van der Waals surface area contributed by atoms with Gasteiger partial charge < -0.3 is 10.5 Å². The van der Waals surface area contributed by atoms with Crippen LogP contribution in [0.4, 0.5) is 5.69 Å². The summed E-state index contributed by atoms with van der Waals surface area (Å²) in [4.78, 5) is 0. The summed E-state index contributed by atoms with van der Waals surface area (Å²) in [5, 5.41) is 0. The number of nitrogens with two attached hydrogens (primary N) is 1. The maximum Gasteiger partial charge on any atom is 0.123 e. The van der Waals surface area contributed by atoms with Gasteiger partial charge in [0.05, 0.1) is 6.61 Å². The Hall–Kier alpha value is -1.18. The minimum absolute atomic E-state index is 0.444. The summed E-state index contributed by atoms with van der Waals surface area (Å²) in [6.07, 6.45) is 3.57. The fraction of sp³-hybridized carbons (Fsp3) is 0.600. The third-order valence-corrected chi connectivity index (χ3v) is 3.03. The van der Waals surface area contributed by atoms with Crippen LogP contribution in [0.1, 0.15) is 57.1 Å². The molecule has 2 heteroatoms. The number of unbranched alkanes of at least 4 members (excludes halogenated alkanes) is 2. The maximum absolute atomic E-state index is 5.95. The number of ether oxygens (including phenoxy) is 1. The van der Waals surface area contributed by atoms with Gasteiger partial charge in [-0.05, 0) is 42.5 Å². The van der Waals surface area contributed by atoms with Crippen molar-refractivity contribution in [1.29, 1.82) is 0 Å². The number of hydrogen-bond donors (Lipinski definition) is 1. The van der Waals surface area contributed by atoms with Crippen LogP contribution in [0.25, 0.3) is 0 Å². The predicted molar refractivity (Wildman–Crippen MR) is 74.7 cm³/mol. The molecule has 1 rings (SSSR count). The van der Waals surface area contributed by atoms with Gasteiger partial charge in [0, 0.05) is 5.69 Å². The molecule has 0 aromatic heterocycles. The van der Waals surface area contributed by atoms with Crippen molar-refractivity contribution < 1.29 is 4.74 Å². The van der Waals surface area contributed by atoms with E-state index < -0.39 is 0 Å². The zero-order valence-electron chi connectivity index (χ0n) is 11.5. The van der Waals surface area contributed by atoms with Gasteiger partial charge >= 0.3 is 0 Å². The first-order chi connectivity index (χ1) is 8.06. The van der Waals surface area contributed by atoms with E-state index in [1.54, 1.807) is 0 Å². The van der Waals surface area contributed by atoms with Gasteiger partial charge in [0.25, 0.3) is 0 Å². The molecule has 0 spiro atoms. The lowest BCUT2D eigenvalue weighted by atomic mass is 9.99. The summed E-state index contributed by atoms with van der Waals surface area (Å²) >= 11 is 0. The van der Waals surface area contributed by atoms with Crippen LogP contribution in [0.15, 0.2) is 12.1 Å². The fourth-order valence-corrected chi connectivity index (χ4v) is 1.83. The number of aryl methyl sites for hydroxylation is 1. The van der Waals surface area contributed by atoms with E-state index in [0.717, 1.165) is 30.0 Å². The topological polar surface area (TPSA) is 35.2 Å². The molecule has 0 heterocycles. The molecule has 0 atom stereocenters. The Bertz CT molecular complexity index is 358. The Morgan fingerprint density at radius 2 is 1.94 bits per heavy atom. The van der Waals surface area contributed by atoms with Crippen molar-refractivity contribution in [2.75, 3.05) is 12.3 Å². The molecule has 0 saturated carbocycles. The van der Waals surface area contributed by atoms with Crippen molar-refractivity contribution in [1.82, 2.24) is 0 Å². The molecule has 0 unspecified atom stereocenters. The van der Waals surface area contributed by atoms with Crippen LogP contribution in [-0.4, -0.2) is 6.61 Å². The molecular weight excluding hydrogens is 210 g/mol. The highest BCUT2D eigenvalue weighted by atomic mass is 16.5. The average molecular weight is 235 g/mol. The highest BCUT2D eigenvalue weighted by Gasteiger charge is 2.10. The largest absolute Gasteiger partial charge is 0.493 e. The second-order valence-corrected chi connectivity index (χ2v) is 4.96. The van der Waals surface area contributed by atoms with Crippen molar-refractivity contribution in [3.63, 3.8) is 0 Å². The molecule has 0 bridgehead atoms. The number of rotatable bonds is 6. The predicted octanol–water partition coefficient (Wildman–Crippen LogP) is 4.27. The van der Waals surface area contributed by atoms with Crippen molar-refractivity contribution in [3.8, 4) is 5.75 Å². The third kappa shape index (κ3) is 3.95. The molecule has 2 nitrogen and oxygen atoms in total. The summed E-state index contributed by atoms with van der Waals surface area (Å²) in [6, 6.07) is 4.12. The molecule has 0 radical (unpaired) electrons. The highest BCUT2D eigenvalue weighted by molar-refractivity contribution is 5.55. The second kappa shape index (κ2) is 6.53. The van der Waals surface area contributed by atoms with Gasteiger partial charge in [0.2, 0.25) is 0 Å². The zero-order chi connectivity index (χ0) is 12.8. The summed E-state index contributed by atoms with van der Waals surface area (Å²) in [6.45, 7) is 9.37. The molecule has 0 amide bonds. The Balaban J connectivity index is 2.78. The molecule has 0 aliphatic carbocycles. The number of hydrogen-bond acceptors (Lipinski definition) is 2.